The molecule has 0 spiro atoms. The zero-order valence-corrected chi connectivity index (χ0v) is 12.6. The van der Waals surface area contributed by atoms with Crippen molar-refractivity contribution in [2.75, 3.05) is 0 Å². The Kier molecular flexibility index (Phi) is 3.12. The summed E-state index contributed by atoms with van der Waals surface area (Å²) in [6.45, 7) is 8.40. The number of aromatic nitrogens is 3. The highest BCUT2D eigenvalue weighted by molar-refractivity contribution is 6.10. The Morgan fingerprint density at radius 3 is 2.71 bits per heavy atom. The minimum absolute atomic E-state index is 0.139. The van der Waals surface area contributed by atoms with Crippen molar-refractivity contribution in [3.63, 3.8) is 0 Å². The molecule has 0 saturated carbocycles. The molecule has 0 unspecified atom stereocenters. The number of furan rings is 1. The van der Waals surface area contributed by atoms with Crippen LogP contribution in [0.1, 0.15) is 40.1 Å². The molecule has 0 fully saturated rings. The molecule has 0 aliphatic rings. The van der Waals surface area contributed by atoms with E-state index in [9.17, 15) is 4.79 Å². The Morgan fingerprint density at radius 2 is 2.05 bits per heavy atom. The number of nitrogens with zero attached hydrogens (tertiary/aromatic N) is 3. The van der Waals surface area contributed by atoms with Gasteiger partial charge in [-0.25, -0.2) is 4.98 Å². The van der Waals surface area contributed by atoms with E-state index in [4.69, 9.17) is 4.42 Å². The van der Waals surface area contributed by atoms with Gasteiger partial charge in [-0.3, -0.25) is 9.48 Å². The zero-order valence-electron chi connectivity index (χ0n) is 12.6. The predicted molar refractivity (Wildman–Crippen MR) is 79.6 cm³/mol. The van der Waals surface area contributed by atoms with Crippen molar-refractivity contribution in [2.24, 2.45) is 0 Å². The molecule has 3 aromatic rings. The lowest BCUT2D eigenvalue weighted by Crippen LogP contribution is -2.04. The van der Waals surface area contributed by atoms with E-state index < -0.39 is 0 Å². The maximum atomic E-state index is 12.7. The third kappa shape index (κ3) is 2.14. The van der Waals surface area contributed by atoms with Gasteiger partial charge in [0, 0.05) is 24.0 Å². The largest absolute Gasteiger partial charge is 0.451 e. The van der Waals surface area contributed by atoms with Crippen LogP contribution < -0.4 is 0 Å². The Hall–Kier alpha value is -2.43. The highest BCUT2D eigenvalue weighted by Gasteiger charge is 2.22. The van der Waals surface area contributed by atoms with Crippen molar-refractivity contribution in [1.82, 2.24) is 14.8 Å². The molecular weight excluding hydrogens is 266 g/mol. The molecule has 0 aliphatic carbocycles. The quantitative estimate of drug-likeness (QED) is 0.692. The topological polar surface area (TPSA) is 60.9 Å². The second-order valence-electron chi connectivity index (χ2n) is 5.14. The van der Waals surface area contributed by atoms with Gasteiger partial charge in [0.25, 0.3) is 0 Å². The second-order valence-corrected chi connectivity index (χ2v) is 5.14. The van der Waals surface area contributed by atoms with Gasteiger partial charge in [-0.1, -0.05) is 0 Å². The minimum atomic E-state index is -0.139. The molecule has 21 heavy (non-hydrogen) atoms. The average molecular weight is 283 g/mol. The lowest BCUT2D eigenvalue weighted by atomic mass is 10.1. The molecule has 0 aliphatic heterocycles. The maximum Gasteiger partial charge on any atom is 0.231 e. The smallest absolute Gasteiger partial charge is 0.231 e. The van der Waals surface area contributed by atoms with E-state index in [0.29, 0.717) is 22.4 Å². The summed E-state index contributed by atoms with van der Waals surface area (Å²) in [5.41, 5.74) is 4.44. The summed E-state index contributed by atoms with van der Waals surface area (Å²) in [5.74, 6) is 0.172. The van der Waals surface area contributed by atoms with Gasteiger partial charge in [-0.15, -0.1) is 0 Å². The van der Waals surface area contributed by atoms with Gasteiger partial charge in [0.1, 0.15) is 5.52 Å². The molecule has 3 aromatic heterocycles. The van der Waals surface area contributed by atoms with Crippen LogP contribution in [0.2, 0.25) is 0 Å². The van der Waals surface area contributed by atoms with Crippen LogP contribution in [0.5, 0.6) is 0 Å². The Balaban J connectivity index is 2.10. The minimum Gasteiger partial charge on any atom is -0.451 e. The molecule has 3 rings (SSSR count). The van der Waals surface area contributed by atoms with Crippen LogP contribution in [0.25, 0.3) is 11.1 Å². The van der Waals surface area contributed by atoms with Crippen LogP contribution in [-0.2, 0) is 6.54 Å². The normalized spacial score (nSPS) is 11.2. The standard InChI is InChI=1S/C16H17N3O2/c1-5-19-11(4)15(10(3)18-19)16(20)14-8-12-13(21-14)7-6-9(2)17-12/h6-8H,5H2,1-4H3. The van der Waals surface area contributed by atoms with Crippen molar-refractivity contribution < 1.29 is 9.21 Å². The van der Waals surface area contributed by atoms with Gasteiger partial charge in [0.05, 0.1) is 11.3 Å². The molecule has 0 bridgehead atoms. The van der Waals surface area contributed by atoms with Gasteiger partial charge < -0.3 is 4.42 Å². The molecule has 3 heterocycles. The SMILES string of the molecule is CCn1nc(C)c(C(=O)c2cc3nc(C)ccc3o2)c1C. The number of fused-ring (bicyclic) bond motifs is 1. The number of carbonyl (C=O) groups is 1. The van der Waals surface area contributed by atoms with Crippen LogP contribution in [-0.4, -0.2) is 20.5 Å². The van der Waals surface area contributed by atoms with Crippen LogP contribution in [0.4, 0.5) is 0 Å². The Morgan fingerprint density at radius 1 is 1.29 bits per heavy atom. The highest BCUT2D eigenvalue weighted by atomic mass is 16.3. The lowest BCUT2D eigenvalue weighted by Gasteiger charge is -2.00. The van der Waals surface area contributed by atoms with E-state index in [1.165, 1.54) is 0 Å². The summed E-state index contributed by atoms with van der Waals surface area (Å²) in [6, 6.07) is 5.40. The predicted octanol–water partition coefficient (Wildman–Crippen LogP) is 3.20. The molecule has 0 radical (unpaired) electrons. The second kappa shape index (κ2) is 4.84. The molecule has 0 aromatic carbocycles. The van der Waals surface area contributed by atoms with Crippen molar-refractivity contribution in [2.45, 2.75) is 34.2 Å². The van der Waals surface area contributed by atoms with Crippen LogP contribution in [0.3, 0.4) is 0 Å². The van der Waals surface area contributed by atoms with Crippen molar-refractivity contribution in [3.05, 3.63) is 46.6 Å². The first-order valence-electron chi connectivity index (χ1n) is 6.97. The fourth-order valence-electron chi connectivity index (χ4n) is 2.59. The molecule has 0 N–H and O–H groups in total. The molecule has 5 nitrogen and oxygen atoms in total. The third-order valence-corrected chi connectivity index (χ3v) is 3.64. The molecule has 0 saturated heterocycles. The van der Waals surface area contributed by atoms with E-state index in [0.717, 1.165) is 23.6 Å². The van der Waals surface area contributed by atoms with Gasteiger partial charge in [0.2, 0.25) is 5.78 Å². The van der Waals surface area contributed by atoms with Gasteiger partial charge in [-0.2, -0.15) is 5.10 Å². The summed E-state index contributed by atoms with van der Waals surface area (Å²) in [5, 5.41) is 4.38. The van der Waals surface area contributed by atoms with E-state index >= 15 is 0 Å². The number of hydrogen-bond donors (Lipinski definition) is 0. The van der Waals surface area contributed by atoms with E-state index in [2.05, 4.69) is 10.1 Å². The summed E-state index contributed by atoms with van der Waals surface area (Å²) in [6.07, 6.45) is 0. The van der Waals surface area contributed by atoms with Gasteiger partial charge in [-0.05, 0) is 39.8 Å². The van der Waals surface area contributed by atoms with Crippen molar-refractivity contribution >= 4 is 16.9 Å². The first kappa shape index (κ1) is 13.5. The molecule has 108 valence electrons. The number of pyridine rings is 1. The maximum absolute atomic E-state index is 12.7. The van der Waals surface area contributed by atoms with Crippen LogP contribution in [0, 0.1) is 20.8 Å². The summed E-state index contributed by atoms with van der Waals surface area (Å²) < 4.78 is 7.47. The van der Waals surface area contributed by atoms with Crippen molar-refractivity contribution in [3.8, 4) is 0 Å². The van der Waals surface area contributed by atoms with Crippen molar-refractivity contribution in [1.29, 1.82) is 0 Å². The average Bonchev–Trinajstić information content (AvgIpc) is 2.98. The Bertz CT molecular complexity index is 843. The molecule has 0 atom stereocenters. The first-order chi connectivity index (χ1) is 10.0. The van der Waals surface area contributed by atoms with E-state index in [1.807, 2.05) is 44.5 Å². The van der Waals surface area contributed by atoms with Gasteiger partial charge in [0.15, 0.2) is 11.3 Å². The number of ketones is 1. The lowest BCUT2D eigenvalue weighted by molar-refractivity contribution is 0.101. The highest BCUT2D eigenvalue weighted by Crippen LogP contribution is 2.23. The van der Waals surface area contributed by atoms with Gasteiger partial charge >= 0.3 is 0 Å². The summed E-state index contributed by atoms with van der Waals surface area (Å²) in [4.78, 5) is 17.1. The summed E-state index contributed by atoms with van der Waals surface area (Å²) >= 11 is 0. The molecule has 0 amide bonds. The first-order valence-corrected chi connectivity index (χ1v) is 6.97. The molecule has 5 heteroatoms. The third-order valence-electron chi connectivity index (χ3n) is 3.64. The summed E-state index contributed by atoms with van der Waals surface area (Å²) in [7, 11) is 0. The fraction of sp³-hybridized carbons (Fsp3) is 0.312. The number of rotatable bonds is 3. The van der Waals surface area contributed by atoms with Crippen LogP contribution >= 0.6 is 0 Å². The molecular formula is C16H17N3O2. The Labute approximate surface area is 122 Å². The number of hydrogen-bond acceptors (Lipinski definition) is 4. The zero-order chi connectivity index (χ0) is 15.1. The monoisotopic (exact) mass is 283 g/mol. The fourth-order valence-corrected chi connectivity index (χ4v) is 2.59. The van der Waals surface area contributed by atoms with E-state index in [1.54, 1.807) is 6.07 Å². The van der Waals surface area contributed by atoms with E-state index in [-0.39, 0.29) is 5.78 Å². The number of carbonyl (C=O) groups excluding carboxylic acids is 1. The number of aryl methyl sites for hydroxylation is 3. The van der Waals surface area contributed by atoms with Crippen LogP contribution in [0.15, 0.2) is 22.6 Å².